The number of furan rings is 1. The van der Waals surface area contributed by atoms with Gasteiger partial charge in [0.15, 0.2) is 0 Å². The van der Waals surface area contributed by atoms with Gasteiger partial charge in [0, 0.05) is 6.54 Å². The Kier molecular flexibility index (Phi) is 3.80. The Bertz CT molecular complexity index is 620. The fourth-order valence-corrected chi connectivity index (χ4v) is 2.95. The van der Waals surface area contributed by atoms with Gasteiger partial charge < -0.3 is 14.4 Å². The van der Waals surface area contributed by atoms with Crippen LogP contribution in [0.1, 0.15) is 28.1 Å². The lowest BCUT2D eigenvalue weighted by Crippen LogP contribution is -2.41. The summed E-state index contributed by atoms with van der Waals surface area (Å²) in [6.07, 6.45) is 2.35. The molecule has 1 saturated heterocycles. The highest BCUT2D eigenvalue weighted by Gasteiger charge is 2.37. The minimum atomic E-state index is -0.471. The fourth-order valence-electron chi connectivity index (χ4n) is 2.95. The molecule has 1 aliphatic heterocycles. The van der Waals surface area contributed by atoms with Gasteiger partial charge in [-0.1, -0.05) is 30.3 Å². The number of amides is 1. The molecule has 2 aromatic rings. The van der Waals surface area contributed by atoms with Crippen molar-refractivity contribution in [1.29, 1.82) is 0 Å². The number of aliphatic hydroxyl groups is 1. The molecule has 1 amide bonds. The molecule has 2 atom stereocenters. The second-order valence-electron chi connectivity index (χ2n) is 5.50. The van der Waals surface area contributed by atoms with Gasteiger partial charge in [0.05, 0.1) is 24.0 Å². The highest BCUT2D eigenvalue weighted by atomic mass is 16.3. The Labute approximate surface area is 124 Å². The first-order valence-electron chi connectivity index (χ1n) is 7.24. The predicted molar refractivity (Wildman–Crippen MR) is 79.0 cm³/mol. The molecule has 1 N–H and O–H groups in total. The maximum absolute atomic E-state index is 12.6. The second kappa shape index (κ2) is 5.74. The minimum absolute atomic E-state index is 0.0567. The van der Waals surface area contributed by atoms with E-state index < -0.39 is 6.10 Å². The van der Waals surface area contributed by atoms with Crippen molar-refractivity contribution in [3.05, 3.63) is 59.5 Å². The van der Waals surface area contributed by atoms with Crippen LogP contribution >= 0.6 is 0 Å². The quantitative estimate of drug-likeness (QED) is 0.942. The Balaban J connectivity index is 1.81. The second-order valence-corrected chi connectivity index (χ2v) is 5.50. The fraction of sp³-hybridized carbons (Fsp3) is 0.353. The van der Waals surface area contributed by atoms with Crippen molar-refractivity contribution in [3.63, 3.8) is 0 Å². The molecule has 0 spiro atoms. The molecule has 0 unspecified atom stereocenters. The van der Waals surface area contributed by atoms with Gasteiger partial charge in [-0.15, -0.1) is 0 Å². The number of hydrogen-bond acceptors (Lipinski definition) is 3. The van der Waals surface area contributed by atoms with Crippen molar-refractivity contribution in [3.8, 4) is 0 Å². The molecular weight excluding hydrogens is 266 g/mol. The summed E-state index contributed by atoms with van der Waals surface area (Å²) in [5.74, 6) is 0.568. The highest BCUT2D eigenvalue weighted by molar-refractivity contribution is 5.95. The summed E-state index contributed by atoms with van der Waals surface area (Å²) in [7, 11) is 0. The van der Waals surface area contributed by atoms with E-state index in [4.69, 9.17) is 4.42 Å². The van der Waals surface area contributed by atoms with Gasteiger partial charge in [-0.05, 0) is 31.4 Å². The normalized spacial score (nSPS) is 21.7. The van der Waals surface area contributed by atoms with E-state index in [-0.39, 0.29) is 11.9 Å². The van der Waals surface area contributed by atoms with Crippen LogP contribution in [0.4, 0.5) is 0 Å². The summed E-state index contributed by atoms with van der Waals surface area (Å²) in [6, 6.07) is 11.5. The summed E-state index contributed by atoms with van der Waals surface area (Å²) < 4.78 is 5.22. The minimum Gasteiger partial charge on any atom is -0.469 e. The molecule has 2 heterocycles. The maximum atomic E-state index is 12.6. The summed E-state index contributed by atoms with van der Waals surface area (Å²) in [4.78, 5) is 14.4. The number of aliphatic hydroxyl groups excluding tert-OH is 1. The molecule has 3 rings (SSSR count). The first kappa shape index (κ1) is 13.9. The zero-order valence-electron chi connectivity index (χ0n) is 12.0. The summed E-state index contributed by atoms with van der Waals surface area (Å²) in [5.41, 5.74) is 1.72. The van der Waals surface area contributed by atoms with E-state index in [1.165, 1.54) is 6.26 Å². The Morgan fingerprint density at radius 3 is 2.76 bits per heavy atom. The molecule has 0 aliphatic carbocycles. The van der Waals surface area contributed by atoms with Gasteiger partial charge in [-0.25, -0.2) is 0 Å². The van der Waals surface area contributed by atoms with Crippen LogP contribution in [-0.4, -0.2) is 34.6 Å². The monoisotopic (exact) mass is 285 g/mol. The number of hydrogen-bond donors (Lipinski definition) is 1. The Morgan fingerprint density at radius 2 is 2.10 bits per heavy atom. The number of nitrogens with zero attached hydrogens (tertiary/aromatic N) is 1. The number of benzene rings is 1. The number of aryl methyl sites for hydroxylation is 1. The largest absolute Gasteiger partial charge is 0.469 e. The third-order valence-electron chi connectivity index (χ3n) is 4.15. The zero-order chi connectivity index (χ0) is 14.8. The summed E-state index contributed by atoms with van der Waals surface area (Å²) in [6.45, 7) is 2.37. The summed E-state index contributed by atoms with van der Waals surface area (Å²) >= 11 is 0. The first-order valence-corrected chi connectivity index (χ1v) is 7.24. The van der Waals surface area contributed by atoms with Crippen molar-refractivity contribution in [2.24, 2.45) is 0 Å². The van der Waals surface area contributed by atoms with E-state index in [2.05, 4.69) is 0 Å². The van der Waals surface area contributed by atoms with Crippen molar-refractivity contribution < 1.29 is 14.3 Å². The number of carbonyl (C=O) groups excluding carboxylic acids is 1. The number of carbonyl (C=O) groups is 1. The molecule has 0 bridgehead atoms. The molecule has 4 heteroatoms. The van der Waals surface area contributed by atoms with Crippen LogP contribution in [0.2, 0.25) is 0 Å². The van der Waals surface area contributed by atoms with Gasteiger partial charge >= 0.3 is 0 Å². The average Bonchev–Trinajstić information content (AvgIpc) is 3.07. The van der Waals surface area contributed by atoms with Gasteiger partial charge in [-0.3, -0.25) is 4.79 Å². The molecule has 1 aromatic carbocycles. The van der Waals surface area contributed by atoms with E-state index >= 15 is 0 Å². The molecular formula is C17H19NO3. The van der Waals surface area contributed by atoms with Crippen molar-refractivity contribution >= 4 is 5.91 Å². The third-order valence-corrected chi connectivity index (χ3v) is 4.15. The molecule has 21 heavy (non-hydrogen) atoms. The standard InChI is InChI=1S/C17H19NO3/c1-12-14(8-10-21-12)17(20)18-9-7-16(19)15(18)11-13-5-3-2-4-6-13/h2-6,8,10,15-16,19H,7,9,11H2,1H3/t15-,16-/m0/s1. The van der Waals surface area contributed by atoms with Gasteiger partial charge in [0.2, 0.25) is 0 Å². The molecule has 1 fully saturated rings. The van der Waals surface area contributed by atoms with Gasteiger partial charge in [0.25, 0.3) is 5.91 Å². The lowest BCUT2D eigenvalue weighted by atomic mass is 10.0. The summed E-state index contributed by atoms with van der Waals surface area (Å²) in [5, 5.41) is 10.2. The molecule has 1 aromatic heterocycles. The SMILES string of the molecule is Cc1occc1C(=O)N1CC[C@H](O)[C@@H]1Cc1ccccc1. The van der Waals surface area contributed by atoms with Gasteiger partial charge in [-0.2, -0.15) is 0 Å². The molecule has 110 valence electrons. The van der Waals surface area contributed by atoms with E-state index in [0.29, 0.717) is 30.7 Å². The van der Waals surface area contributed by atoms with Crippen LogP contribution < -0.4 is 0 Å². The van der Waals surface area contributed by atoms with Crippen LogP contribution in [-0.2, 0) is 6.42 Å². The maximum Gasteiger partial charge on any atom is 0.257 e. The number of rotatable bonds is 3. The molecule has 1 aliphatic rings. The van der Waals surface area contributed by atoms with Crippen LogP contribution in [0.15, 0.2) is 47.1 Å². The van der Waals surface area contributed by atoms with Crippen LogP contribution in [0.3, 0.4) is 0 Å². The predicted octanol–water partition coefficient (Wildman–Crippen LogP) is 2.41. The Hall–Kier alpha value is -2.07. The van der Waals surface area contributed by atoms with Crippen molar-refractivity contribution in [2.75, 3.05) is 6.54 Å². The van der Waals surface area contributed by atoms with Crippen molar-refractivity contribution in [1.82, 2.24) is 4.90 Å². The van der Waals surface area contributed by atoms with E-state index in [9.17, 15) is 9.90 Å². The third kappa shape index (κ3) is 2.72. The van der Waals surface area contributed by atoms with E-state index in [1.54, 1.807) is 17.9 Å². The number of likely N-dealkylation sites (tertiary alicyclic amines) is 1. The molecule has 4 nitrogen and oxygen atoms in total. The topological polar surface area (TPSA) is 53.7 Å². The van der Waals surface area contributed by atoms with Crippen molar-refractivity contribution in [2.45, 2.75) is 31.9 Å². The van der Waals surface area contributed by atoms with Crippen LogP contribution in [0.25, 0.3) is 0 Å². The molecule has 0 saturated carbocycles. The lowest BCUT2D eigenvalue weighted by molar-refractivity contribution is 0.0638. The van der Waals surface area contributed by atoms with Gasteiger partial charge in [0.1, 0.15) is 5.76 Å². The lowest BCUT2D eigenvalue weighted by Gasteiger charge is -2.26. The van der Waals surface area contributed by atoms with E-state index in [1.807, 2.05) is 30.3 Å². The Morgan fingerprint density at radius 1 is 1.33 bits per heavy atom. The highest BCUT2D eigenvalue weighted by Crippen LogP contribution is 2.25. The smallest absolute Gasteiger partial charge is 0.257 e. The zero-order valence-corrected chi connectivity index (χ0v) is 12.0. The average molecular weight is 285 g/mol. The van der Waals surface area contributed by atoms with Crippen LogP contribution in [0.5, 0.6) is 0 Å². The first-order chi connectivity index (χ1) is 10.2. The molecule has 0 radical (unpaired) electrons. The van der Waals surface area contributed by atoms with Crippen LogP contribution in [0, 0.1) is 6.92 Å². The van der Waals surface area contributed by atoms with E-state index in [0.717, 1.165) is 5.56 Å².